The van der Waals surface area contributed by atoms with E-state index in [1.54, 1.807) is 6.20 Å². The van der Waals surface area contributed by atoms with E-state index in [9.17, 15) is 9.50 Å². The number of ether oxygens (including phenoxy) is 1. The number of piperazine rings is 1. The van der Waals surface area contributed by atoms with Gasteiger partial charge in [0.25, 0.3) is 0 Å². The van der Waals surface area contributed by atoms with Crippen molar-refractivity contribution < 1.29 is 18.6 Å². The van der Waals surface area contributed by atoms with Crippen LogP contribution in [0.4, 0.5) is 14.6 Å². The number of aromatic hydroxyl groups is 1. The maximum Gasteiger partial charge on any atom is 0.319 e. The first kappa shape index (κ1) is 26.5. The Morgan fingerprint density at radius 2 is 1.86 bits per heavy atom. The van der Waals surface area contributed by atoms with Gasteiger partial charge in [0.05, 0.1) is 16.5 Å². The fraction of sp³-hybridized carbons (Fsp3) is 0.424. The molecule has 4 aromatic rings. The zero-order valence-electron chi connectivity index (χ0n) is 23.7. The SMILES string of the molecule is C#Cc1c(F)ccc2cc(O)cc(-c3ncc4c(N5C[C@H]6CC[C@@H](C5)N6)nc(OCC5(N6CCCC6)CC5)nc4c3F)c12. The molecule has 4 aliphatic rings. The molecule has 8 rings (SSSR count). The number of nitrogens with one attached hydrogen (secondary N) is 1. The Balaban J connectivity index is 1.27. The largest absolute Gasteiger partial charge is 0.508 e. The second-order valence-corrected chi connectivity index (χ2v) is 12.4. The molecule has 2 aromatic heterocycles. The lowest BCUT2D eigenvalue weighted by Gasteiger charge is -2.34. The Morgan fingerprint density at radius 3 is 2.58 bits per heavy atom. The van der Waals surface area contributed by atoms with Crippen molar-refractivity contribution in [3.8, 4) is 35.4 Å². The molecule has 3 saturated heterocycles. The molecule has 1 aliphatic carbocycles. The molecule has 0 radical (unpaired) electrons. The summed E-state index contributed by atoms with van der Waals surface area (Å²) in [5.74, 6) is 1.56. The van der Waals surface area contributed by atoms with E-state index in [1.807, 2.05) is 0 Å². The van der Waals surface area contributed by atoms with Crippen LogP contribution in [0.2, 0.25) is 0 Å². The van der Waals surface area contributed by atoms with Crippen molar-refractivity contribution in [1.29, 1.82) is 0 Å². The highest BCUT2D eigenvalue weighted by Crippen LogP contribution is 2.44. The van der Waals surface area contributed by atoms with E-state index in [4.69, 9.17) is 16.1 Å². The molecule has 2 aromatic carbocycles. The van der Waals surface area contributed by atoms with Gasteiger partial charge in [-0.2, -0.15) is 9.97 Å². The summed E-state index contributed by atoms with van der Waals surface area (Å²) in [5.41, 5.74) is 0.158. The summed E-state index contributed by atoms with van der Waals surface area (Å²) in [5, 5.41) is 15.4. The average Bonchev–Trinajstić information content (AvgIpc) is 3.42. The zero-order chi connectivity index (χ0) is 29.3. The zero-order valence-corrected chi connectivity index (χ0v) is 23.7. The summed E-state index contributed by atoms with van der Waals surface area (Å²) in [4.78, 5) is 18.6. The Hall–Kier alpha value is -4.07. The van der Waals surface area contributed by atoms with Gasteiger partial charge in [0.2, 0.25) is 0 Å². The normalized spacial score (nSPS) is 22.8. The van der Waals surface area contributed by atoms with E-state index >= 15 is 4.39 Å². The van der Waals surface area contributed by atoms with E-state index in [-0.39, 0.29) is 39.6 Å². The minimum atomic E-state index is -0.705. The number of phenols is 1. The summed E-state index contributed by atoms with van der Waals surface area (Å²) in [6.45, 7) is 4.07. The van der Waals surface area contributed by atoms with Crippen LogP contribution in [0.3, 0.4) is 0 Å². The number of likely N-dealkylation sites (tertiary alicyclic amines) is 1. The third kappa shape index (κ3) is 4.45. The van der Waals surface area contributed by atoms with Gasteiger partial charge in [-0.3, -0.25) is 9.88 Å². The second-order valence-electron chi connectivity index (χ2n) is 12.4. The lowest BCUT2D eigenvalue weighted by atomic mass is 9.96. The van der Waals surface area contributed by atoms with Gasteiger partial charge in [-0.15, -0.1) is 6.42 Å². The number of nitrogens with zero attached hydrogens (tertiary/aromatic N) is 5. The smallest absolute Gasteiger partial charge is 0.319 e. The number of benzene rings is 2. The van der Waals surface area contributed by atoms with E-state index in [0.29, 0.717) is 40.7 Å². The van der Waals surface area contributed by atoms with Crippen LogP contribution < -0.4 is 15.0 Å². The molecular weight excluding hydrogens is 550 g/mol. The number of hydrogen-bond donors (Lipinski definition) is 2. The molecule has 2 bridgehead atoms. The van der Waals surface area contributed by atoms with Gasteiger partial charge in [0.1, 0.15) is 35.2 Å². The minimum absolute atomic E-state index is 0.00125. The molecule has 2 N–H and O–H groups in total. The molecule has 0 unspecified atom stereocenters. The molecule has 0 amide bonds. The van der Waals surface area contributed by atoms with E-state index in [2.05, 4.69) is 31.0 Å². The average molecular weight is 583 g/mol. The molecule has 43 heavy (non-hydrogen) atoms. The molecule has 4 fully saturated rings. The lowest BCUT2D eigenvalue weighted by molar-refractivity contribution is 0.135. The summed E-state index contributed by atoms with van der Waals surface area (Å²) < 4.78 is 37.8. The highest BCUT2D eigenvalue weighted by molar-refractivity contribution is 6.03. The number of aromatic nitrogens is 3. The van der Waals surface area contributed by atoms with Gasteiger partial charge >= 0.3 is 6.01 Å². The quantitative estimate of drug-likeness (QED) is 0.315. The third-order valence-corrected chi connectivity index (χ3v) is 9.68. The first-order valence-electron chi connectivity index (χ1n) is 15.1. The third-order valence-electron chi connectivity index (χ3n) is 9.68. The maximum absolute atomic E-state index is 16.7. The van der Waals surface area contributed by atoms with Crippen molar-refractivity contribution in [2.75, 3.05) is 37.7 Å². The highest BCUT2D eigenvalue weighted by atomic mass is 19.1. The number of hydrogen-bond acceptors (Lipinski definition) is 8. The minimum Gasteiger partial charge on any atom is -0.508 e. The fourth-order valence-corrected chi connectivity index (χ4v) is 7.32. The summed E-state index contributed by atoms with van der Waals surface area (Å²) in [6, 6.07) is 6.38. The molecule has 220 valence electrons. The fourth-order valence-electron chi connectivity index (χ4n) is 7.32. The number of terminal acetylenes is 1. The van der Waals surface area contributed by atoms with E-state index in [0.717, 1.165) is 51.9 Å². The molecular formula is C33H32F2N6O2. The van der Waals surface area contributed by atoms with Crippen LogP contribution in [0.1, 0.15) is 44.1 Å². The summed E-state index contributed by atoms with van der Waals surface area (Å²) >= 11 is 0. The van der Waals surface area contributed by atoms with E-state index < -0.39 is 11.6 Å². The summed E-state index contributed by atoms with van der Waals surface area (Å²) in [7, 11) is 0. The first-order chi connectivity index (χ1) is 20.9. The van der Waals surface area contributed by atoms with Crippen LogP contribution in [-0.4, -0.2) is 75.4 Å². The second kappa shape index (κ2) is 10.00. The van der Waals surface area contributed by atoms with Crippen LogP contribution in [-0.2, 0) is 0 Å². The predicted octanol–water partition coefficient (Wildman–Crippen LogP) is 4.76. The molecule has 5 heterocycles. The number of pyridine rings is 1. The number of phenolic OH excluding ortho intramolecular Hbond substituents is 1. The van der Waals surface area contributed by atoms with Crippen molar-refractivity contribution in [3.63, 3.8) is 0 Å². The Labute approximate surface area is 248 Å². The number of fused-ring (bicyclic) bond motifs is 4. The van der Waals surface area contributed by atoms with Crippen molar-refractivity contribution in [2.24, 2.45) is 0 Å². The van der Waals surface area contributed by atoms with Crippen molar-refractivity contribution in [2.45, 2.75) is 56.1 Å². The Bertz CT molecular complexity index is 1800. The highest BCUT2D eigenvalue weighted by Gasteiger charge is 2.49. The van der Waals surface area contributed by atoms with Gasteiger partial charge in [0, 0.05) is 42.3 Å². The Morgan fingerprint density at radius 1 is 1.09 bits per heavy atom. The standard InChI is InChI=1S/C33H32F2N6O2/c1-2-23-26(34)8-5-19-13-22(42)14-24(27(19)23)29-28(35)30-25(15-36-29)31(40-16-20-6-7-21(17-40)37-20)39-32(38-30)43-18-33(9-10-33)41-11-3-4-12-41/h1,5,8,13-15,20-21,37,42H,3-4,6-7,9-12,16-18H2/t20-,21+. The van der Waals surface area contributed by atoms with E-state index in [1.165, 1.54) is 37.1 Å². The number of halogens is 2. The number of rotatable bonds is 6. The molecule has 2 atom stereocenters. The van der Waals surface area contributed by atoms with Crippen molar-refractivity contribution in [3.05, 3.63) is 47.7 Å². The molecule has 1 saturated carbocycles. The van der Waals surface area contributed by atoms with Crippen LogP contribution in [0, 0.1) is 24.0 Å². The first-order valence-corrected chi connectivity index (χ1v) is 15.1. The van der Waals surface area contributed by atoms with Crippen LogP contribution in [0.15, 0.2) is 30.5 Å². The van der Waals surface area contributed by atoms with Crippen LogP contribution in [0.25, 0.3) is 32.9 Å². The molecule has 10 heteroatoms. The monoisotopic (exact) mass is 582 g/mol. The van der Waals surface area contributed by atoms with Gasteiger partial charge in [-0.25, -0.2) is 8.78 Å². The van der Waals surface area contributed by atoms with Crippen LogP contribution in [0.5, 0.6) is 11.8 Å². The maximum atomic E-state index is 16.7. The van der Waals surface area contributed by atoms with Crippen molar-refractivity contribution >= 4 is 27.5 Å². The number of anilines is 1. The summed E-state index contributed by atoms with van der Waals surface area (Å²) in [6.07, 6.45) is 13.9. The topological polar surface area (TPSA) is 86.6 Å². The molecule has 3 aliphatic heterocycles. The molecule has 8 nitrogen and oxygen atoms in total. The Kier molecular flexibility index (Phi) is 6.17. The lowest BCUT2D eigenvalue weighted by Crippen LogP contribution is -2.51. The van der Waals surface area contributed by atoms with Gasteiger partial charge in [-0.05, 0) is 75.2 Å². The van der Waals surface area contributed by atoms with Gasteiger partial charge < -0.3 is 20.1 Å². The van der Waals surface area contributed by atoms with Crippen LogP contribution >= 0.6 is 0 Å². The van der Waals surface area contributed by atoms with Gasteiger partial charge in [-0.1, -0.05) is 12.0 Å². The predicted molar refractivity (Wildman–Crippen MR) is 160 cm³/mol. The van der Waals surface area contributed by atoms with Crippen molar-refractivity contribution in [1.82, 2.24) is 25.2 Å². The van der Waals surface area contributed by atoms with Gasteiger partial charge in [0.15, 0.2) is 5.82 Å². The molecule has 0 spiro atoms.